The highest BCUT2D eigenvalue weighted by Gasteiger charge is 2.20. The lowest BCUT2D eigenvalue weighted by atomic mass is 10.1. The normalized spacial score (nSPS) is 13.3. The van der Waals surface area contributed by atoms with Crippen molar-refractivity contribution in [1.29, 1.82) is 0 Å². The largest absolute Gasteiger partial charge is 0.444 e. The first-order chi connectivity index (χ1) is 25.3. The first-order valence-electron chi connectivity index (χ1n) is 19.1. The quantitative estimate of drug-likeness (QED) is 0.154. The average Bonchev–Trinajstić information content (AvgIpc) is 3.47. The number of pyridine rings is 1. The van der Waals surface area contributed by atoms with Crippen molar-refractivity contribution in [2.75, 3.05) is 44.6 Å². The van der Waals surface area contributed by atoms with Crippen molar-refractivity contribution in [3.8, 4) is 11.3 Å². The molecule has 1 aromatic carbocycles. The molecular formula is C40H63F2N9O2. The fourth-order valence-electron chi connectivity index (χ4n) is 5.63. The van der Waals surface area contributed by atoms with E-state index in [0.717, 1.165) is 57.4 Å². The minimum Gasteiger partial charge on any atom is -0.444 e. The van der Waals surface area contributed by atoms with Crippen LogP contribution in [0.4, 0.5) is 25.3 Å². The number of benzene rings is 1. The number of hydrogen-bond donors (Lipinski definition) is 2. The zero-order valence-electron chi connectivity index (χ0n) is 34.1. The van der Waals surface area contributed by atoms with Crippen molar-refractivity contribution in [2.45, 2.75) is 114 Å². The standard InChI is InChI=1S/C33H43F2N9O2.C3H8.2C2H6/c1-21(2)44-22(3)39-30-25(34)16-24(17-27(30)44)29-26(35)19-38-31(41-29)40-28-9-8-23(18-37-28)20-43-14-12-42(13-15-43)11-7-10-36-32(45)46-33(4,5)6;1-3-2;2*1-2/h8-9,16-19,21H,7,10-15,20H2,1-6H3,(H,36,45)(H,37,38,40,41);3H2,1-2H3;2*1-2H3. The highest BCUT2D eigenvalue weighted by atomic mass is 19.1. The van der Waals surface area contributed by atoms with Gasteiger partial charge in [-0.05, 0) is 78.3 Å². The summed E-state index contributed by atoms with van der Waals surface area (Å²) in [7, 11) is 0. The van der Waals surface area contributed by atoms with E-state index < -0.39 is 17.2 Å². The van der Waals surface area contributed by atoms with E-state index in [1.54, 1.807) is 12.3 Å². The average molecular weight is 740 g/mol. The fraction of sp³-hybridized carbons (Fsp3) is 0.575. The summed E-state index contributed by atoms with van der Waals surface area (Å²) >= 11 is 0. The summed E-state index contributed by atoms with van der Waals surface area (Å²) in [5, 5.41) is 5.85. The molecule has 0 atom stereocenters. The number of aromatic nitrogens is 5. The molecule has 53 heavy (non-hydrogen) atoms. The molecule has 0 unspecified atom stereocenters. The lowest BCUT2D eigenvalue weighted by Crippen LogP contribution is -2.46. The number of carbonyl (C=O) groups is 1. The Kier molecular flexibility index (Phi) is 18.7. The van der Waals surface area contributed by atoms with E-state index in [1.807, 2.05) is 85.9 Å². The maximum atomic E-state index is 15.0. The number of hydrogen-bond acceptors (Lipinski definition) is 9. The highest BCUT2D eigenvalue weighted by molar-refractivity contribution is 5.83. The van der Waals surface area contributed by atoms with E-state index in [2.05, 4.69) is 54.2 Å². The Labute approximate surface area is 316 Å². The van der Waals surface area contributed by atoms with Crippen molar-refractivity contribution in [3.05, 3.63) is 59.7 Å². The van der Waals surface area contributed by atoms with Crippen molar-refractivity contribution < 1.29 is 18.3 Å². The molecule has 2 N–H and O–H groups in total. The van der Waals surface area contributed by atoms with Crippen LogP contribution in [-0.2, 0) is 11.3 Å². The van der Waals surface area contributed by atoms with E-state index in [1.165, 1.54) is 12.5 Å². The molecule has 13 heteroatoms. The molecule has 4 heterocycles. The Morgan fingerprint density at radius 1 is 0.925 bits per heavy atom. The number of alkyl carbamates (subject to hydrolysis) is 1. The van der Waals surface area contributed by atoms with Gasteiger partial charge >= 0.3 is 6.09 Å². The van der Waals surface area contributed by atoms with Crippen LogP contribution in [0.15, 0.2) is 36.7 Å². The molecule has 1 amide bonds. The summed E-state index contributed by atoms with van der Waals surface area (Å²) in [4.78, 5) is 33.9. The number of rotatable bonds is 10. The fourth-order valence-corrected chi connectivity index (χ4v) is 5.63. The van der Waals surface area contributed by atoms with Crippen LogP contribution in [0, 0.1) is 18.6 Å². The van der Waals surface area contributed by atoms with E-state index in [9.17, 15) is 9.18 Å². The number of aryl methyl sites for hydroxylation is 1. The maximum absolute atomic E-state index is 15.0. The van der Waals surface area contributed by atoms with Crippen LogP contribution < -0.4 is 10.6 Å². The van der Waals surface area contributed by atoms with Crippen LogP contribution in [0.1, 0.15) is 106 Å². The van der Waals surface area contributed by atoms with Crippen LogP contribution in [0.3, 0.4) is 0 Å². The first kappa shape index (κ1) is 44.9. The number of halogens is 2. The number of nitrogens with zero attached hydrogens (tertiary/aromatic N) is 7. The SMILES string of the molecule is CC.CC.CCC.Cc1nc2c(F)cc(-c3nc(Nc4ccc(CN5CCN(CCCNC(=O)OC(C)(C)C)CC5)cn4)ncc3F)cc2n1C(C)C. The van der Waals surface area contributed by atoms with Gasteiger partial charge in [0.2, 0.25) is 5.95 Å². The molecule has 1 aliphatic rings. The lowest BCUT2D eigenvalue weighted by molar-refractivity contribution is 0.0524. The third-order valence-electron chi connectivity index (χ3n) is 7.71. The summed E-state index contributed by atoms with van der Waals surface area (Å²) in [6, 6.07) is 6.85. The molecule has 0 aliphatic carbocycles. The van der Waals surface area contributed by atoms with Crippen molar-refractivity contribution in [2.24, 2.45) is 0 Å². The van der Waals surface area contributed by atoms with Gasteiger partial charge in [0, 0.05) is 57.1 Å². The van der Waals surface area contributed by atoms with Crippen LogP contribution in [0.25, 0.3) is 22.3 Å². The maximum Gasteiger partial charge on any atom is 0.407 e. The van der Waals surface area contributed by atoms with Gasteiger partial charge in [-0.2, -0.15) is 0 Å². The minimum atomic E-state index is -0.655. The number of ether oxygens (including phenoxy) is 1. The zero-order valence-corrected chi connectivity index (χ0v) is 34.1. The van der Waals surface area contributed by atoms with Crippen molar-refractivity contribution >= 4 is 28.9 Å². The number of nitrogens with one attached hydrogen (secondary N) is 2. The van der Waals surface area contributed by atoms with Gasteiger partial charge in [-0.1, -0.05) is 54.0 Å². The molecule has 1 aliphatic heterocycles. The molecule has 0 bridgehead atoms. The van der Waals surface area contributed by atoms with Gasteiger partial charge in [-0.15, -0.1) is 0 Å². The summed E-state index contributed by atoms with van der Waals surface area (Å²) in [6.07, 6.45) is 4.62. The Morgan fingerprint density at radius 3 is 2.15 bits per heavy atom. The smallest absolute Gasteiger partial charge is 0.407 e. The van der Waals surface area contributed by atoms with Crippen LogP contribution >= 0.6 is 0 Å². The Bertz CT molecular complexity index is 1680. The second kappa shape index (κ2) is 22.1. The number of imidazole rings is 1. The Hall–Kier alpha value is -4.23. The van der Waals surface area contributed by atoms with Gasteiger partial charge in [-0.25, -0.2) is 33.5 Å². The van der Waals surface area contributed by atoms with Crippen molar-refractivity contribution in [3.63, 3.8) is 0 Å². The number of carbonyl (C=O) groups excluding carboxylic acids is 1. The van der Waals surface area contributed by atoms with E-state index in [0.29, 0.717) is 29.3 Å². The van der Waals surface area contributed by atoms with Gasteiger partial charge in [0.1, 0.15) is 28.5 Å². The van der Waals surface area contributed by atoms with Gasteiger partial charge in [0.25, 0.3) is 0 Å². The third kappa shape index (κ3) is 13.9. The molecule has 5 rings (SSSR count). The van der Waals surface area contributed by atoms with Crippen LogP contribution in [0.5, 0.6) is 0 Å². The summed E-state index contributed by atoms with van der Waals surface area (Å²) < 4.78 is 37.1. The predicted molar refractivity (Wildman–Crippen MR) is 213 cm³/mol. The van der Waals surface area contributed by atoms with Gasteiger partial charge < -0.3 is 24.8 Å². The molecule has 0 saturated carbocycles. The molecule has 11 nitrogen and oxygen atoms in total. The number of fused-ring (bicyclic) bond motifs is 1. The Morgan fingerprint density at radius 2 is 1.57 bits per heavy atom. The monoisotopic (exact) mass is 740 g/mol. The Balaban J connectivity index is 0.00000130. The van der Waals surface area contributed by atoms with Gasteiger partial charge in [0.05, 0.1) is 11.7 Å². The minimum absolute atomic E-state index is 0.0116. The molecule has 1 saturated heterocycles. The molecule has 294 valence electrons. The van der Waals surface area contributed by atoms with Crippen molar-refractivity contribution in [1.82, 2.24) is 39.6 Å². The summed E-state index contributed by atoms with van der Waals surface area (Å²) in [5.74, 6) is 0.167. The van der Waals surface area contributed by atoms with Gasteiger partial charge in [-0.3, -0.25) is 4.90 Å². The number of piperazine rings is 1. The molecular weight excluding hydrogens is 676 g/mol. The first-order valence-corrected chi connectivity index (χ1v) is 19.1. The van der Waals surface area contributed by atoms with Crippen LogP contribution in [0.2, 0.25) is 0 Å². The molecule has 0 spiro atoms. The van der Waals surface area contributed by atoms with Crippen LogP contribution in [-0.4, -0.2) is 85.3 Å². The highest BCUT2D eigenvalue weighted by Crippen LogP contribution is 2.30. The summed E-state index contributed by atoms with van der Waals surface area (Å²) in [5.41, 5.74) is 1.70. The van der Waals surface area contributed by atoms with E-state index in [4.69, 9.17) is 4.74 Å². The molecule has 1 fully saturated rings. The number of anilines is 2. The third-order valence-corrected chi connectivity index (χ3v) is 7.71. The second-order valence-corrected chi connectivity index (χ2v) is 13.6. The molecule has 3 aromatic heterocycles. The number of amides is 1. The van der Waals surface area contributed by atoms with Gasteiger partial charge in [0.15, 0.2) is 11.6 Å². The van der Waals surface area contributed by atoms with E-state index in [-0.39, 0.29) is 29.3 Å². The van der Waals surface area contributed by atoms with E-state index >= 15 is 4.39 Å². The summed E-state index contributed by atoms with van der Waals surface area (Å²) in [6.45, 7) is 29.7. The molecule has 4 aromatic rings. The zero-order chi connectivity index (χ0) is 39.7. The topological polar surface area (TPSA) is 113 Å². The lowest BCUT2D eigenvalue weighted by Gasteiger charge is -2.34. The predicted octanol–water partition coefficient (Wildman–Crippen LogP) is 9.30. The second-order valence-electron chi connectivity index (χ2n) is 13.6. The molecule has 0 radical (unpaired) electrons.